The van der Waals surface area contributed by atoms with Gasteiger partial charge in [-0.1, -0.05) is 12.1 Å². The smallest absolute Gasteiger partial charge is 0.127 e. The molecule has 1 heterocycles. The number of aryl methyl sites for hydroxylation is 1. The van der Waals surface area contributed by atoms with Crippen LogP contribution in [0.2, 0.25) is 0 Å². The molecular formula is C14H17FO2. The van der Waals surface area contributed by atoms with Gasteiger partial charge in [0, 0.05) is 18.6 Å². The lowest BCUT2D eigenvalue weighted by Crippen LogP contribution is -2.48. The summed E-state index contributed by atoms with van der Waals surface area (Å²) in [6, 6.07) is 5.26. The van der Waals surface area contributed by atoms with Gasteiger partial charge in [0.1, 0.15) is 5.82 Å². The van der Waals surface area contributed by atoms with Gasteiger partial charge in [-0.25, -0.2) is 4.39 Å². The van der Waals surface area contributed by atoms with Gasteiger partial charge in [-0.05, 0) is 42.9 Å². The second kappa shape index (κ2) is 4.07. The molecule has 1 unspecified atom stereocenters. The van der Waals surface area contributed by atoms with Crippen LogP contribution >= 0.6 is 0 Å². The van der Waals surface area contributed by atoms with E-state index in [1.54, 1.807) is 6.07 Å². The summed E-state index contributed by atoms with van der Waals surface area (Å²) >= 11 is 0. The summed E-state index contributed by atoms with van der Waals surface area (Å²) < 4.78 is 19.5. The summed E-state index contributed by atoms with van der Waals surface area (Å²) in [7, 11) is 0. The first-order chi connectivity index (χ1) is 8.24. The molecule has 0 amide bonds. The van der Waals surface area contributed by atoms with E-state index >= 15 is 0 Å². The summed E-state index contributed by atoms with van der Waals surface area (Å²) in [6.45, 7) is 1.23. The lowest BCUT2D eigenvalue weighted by molar-refractivity contribution is -0.0254. The SMILES string of the molecule is OC1CCc2cccc(F)c2C12CCOCC2. The summed E-state index contributed by atoms with van der Waals surface area (Å²) in [5, 5.41) is 10.3. The van der Waals surface area contributed by atoms with Crippen molar-refractivity contribution in [3.8, 4) is 0 Å². The van der Waals surface area contributed by atoms with Gasteiger partial charge in [0.25, 0.3) is 0 Å². The molecule has 1 atom stereocenters. The zero-order chi connectivity index (χ0) is 11.9. The molecule has 0 radical (unpaired) electrons. The van der Waals surface area contributed by atoms with Crippen LogP contribution < -0.4 is 0 Å². The first-order valence-electron chi connectivity index (χ1n) is 6.28. The summed E-state index contributed by atoms with van der Waals surface area (Å²) in [5.41, 5.74) is 1.41. The minimum absolute atomic E-state index is 0.164. The molecule has 3 heteroatoms. The average molecular weight is 236 g/mol. The van der Waals surface area contributed by atoms with Crippen LogP contribution in [-0.2, 0) is 16.6 Å². The predicted molar refractivity (Wildman–Crippen MR) is 62.5 cm³/mol. The minimum atomic E-state index is -0.434. The number of benzene rings is 1. The lowest BCUT2D eigenvalue weighted by Gasteiger charge is -2.45. The first-order valence-corrected chi connectivity index (χ1v) is 6.28. The Bertz CT molecular complexity index is 424. The second-order valence-corrected chi connectivity index (χ2v) is 5.10. The van der Waals surface area contributed by atoms with Gasteiger partial charge in [-0.15, -0.1) is 0 Å². The number of rotatable bonds is 0. The molecule has 92 valence electrons. The zero-order valence-electron chi connectivity index (χ0n) is 9.79. The van der Waals surface area contributed by atoms with E-state index in [0.29, 0.717) is 13.2 Å². The highest BCUT2D eigenvalue weighted by Gasteiger charge is 2.46. The molecule has 2 nitrogen and oxygen atoms in total. The van der Waals surface area contributed by atoms with E-state index in [2.05, 4.69) is 0 Å². The molecule has 1 aliphatic carbocycles. The fourth-order valence-electron chi connectivity index (χ4n) is 3.39. The van der Waals surface area contributed by atoms with E-state index in [4.69, 9.17) is 4.74 Å². The maximum Gasteiger partial charge on any atom is 0.127 e. The van der Waals surface area contributed by atoms with Gasteiger partial charge in [0.2, 0.25) is 0 Å². The summed E-state index contributed by atoms with van der Waals surface area (Å²) in [5.74, 6) is -0.164. The van der Waals surface area contributed by atoms with Crippen molar-refractivity contribution < 1.29 is 14.2 Å². The highest BCUT2D eigenvalue weighted by Crippen LogP contribution is 2.45. The van der Waals surface area contributed by atoms with Gasteiger partial charge < -0.3 is 9.84 Å². The van der Waals surface area contributed by atoms with Crippen LogP contribution in [-0.4, -0.2) is 24.4 Å². The van der Waals surface area contributed by atoms with Crippen LogP contribution in [0.4, 0.5) is 4.39 Å². The zero-order valence-corrected chi connectivity index (χ0v) is 9.79. The molecular weight excluding hydrogens is 219 g/mol. The molecule has 17 heavy (non-hydrogen) atoms. The Morgan fingerprint density at radius 2 is 2.06 bits per heavy atom. The maximum atomic E-state index is 14.1. The molecule has 0 saturated carbocycles. The quantitative estimate of drug-likeness (QED) is 0.748. The van der Waals surface area contributed by atoms with Crippen LogP contribution in [0.1, 0.15) is 30.4 Å². The van der Waals surface area contributed by atoms with Crippen molar-refractivity contribution in [1.29, 1.82) is 0 Å². The van der Waals surface area contributed by atoms with Gasteiger partial charge in [-0.2, -0.15) is 0 Å². The van der Waals surface area contributed by atoms with Gasteiger partial charge in [-0.3, -0.25) is 0 Å². The normalized spacial score (nSPS) is 26.8. The van der Waals surface area contributed by atoms with Crippen molar-refractivity contribution in [2.45, 2.75) is 37.2 Å². The number of aliphatic hydroxyl groups excluding tert-OH is 1. The van der Waals surface area contributed by atoms with Crippen LogP contribution in [0.3, 0.4) is 0 Å². The minimum Gasteiger partial charge on any atom is -0.392 e. The summed E-state index contributed by atoms with van der Waals surface area (Å²) in [6.07, 6.45) is 2.52. The Hall–Kier alpha value is -0.930. The number of halogens is 1. The first kappa shape index (κ1) is 11.2. The van der Waals surface area contributed by atoms with E-state index < -0.39 is 11.5 Å². The molecule has 1 aromatic rings. The Morgan fingerprint density at radius 1 is 1.29 bits per heavy atom. The van der Waals surface area contributed by atoms with E-state index in [9.17, 15) is 9.50 Å². The molecule has 0 bridgehead atoms. The standard InChI is InChI=1S/C14H17FO2/c15-11-3-1-2-10-4-5-12(16)14(13(10)11)6-8-17-9-7-14/h1-3,12,16H,4-9H2. The van der Waals surface area contributed by atoms with Crippen molar-refractivity contribution in [1.82, 2.24) is 0 Å². The monoisotopic (exact) mass is 236 g/mol. The highest BCUT2D eigenvalue weighted by molar-refractivity contribution is 5.40. The Balaban J connectivity index is 2.15. The van der Waals surface area contributed by atoms with Gasteiger partial charge in [0.15, 0.2) is 0 Å². The predicted octanol–water partition coefficient (Wildman–Crippen LogP) is 2.18. The molecule has 2 aliphatic rings. The fourth-order valence-corrected chi connectivity index (χ4v) is 3.39. The molecule has 3 rings (SSSR count). The van der Waals surface area contributed by atoms with Crippen molar-refractivity contribution >= 4 is 0 Å². The van der Waals surface area contributed by atoms with Gasteiger partial charge >= 0.3 is 0 Å². The molecule has 0 aromatic heterocycles. The van der Waals surface area contributed by atoms with Crippen molar-refractivity contribution in [3.05, 3.63) is 35.1 Å². The molecule has 1 N–H and O–H groups in total. The fraction of sp³-hybridized carbons (Fsp3) is 0.571. The number of ether oxygens (including phenoxy) is 1. The highest BCUT2D eigenvalue weighted by atomic mass is 19.1. The molecule has 1 fully saturated rings. The van der Waals surface area contributed by atoms with Crippen LogP contribution in [0, 0.1) is 5.82 Å². The molecule has 1 saturated heterocycles. The maximum absolute atomic E-state index is 14.1. The second-order valence-electron chi connectivity index (χ2n) is 5.10. The lowest BCUT2D eigenvalue weighted by atomic mass is 9.63. The van der Waals surface area contributed by atoms with Crippen molar-refractivity contribution in [2.24, 2.45) is 0 Å². The van der Waals surface area contributed by atoms with E-state index in [0.717, 1.165) is 36.8 Å². The van der Waals surface area contributed by atoms with Crippen LogP contribution in [0.25, 0.3) is 0 Å². The van der Waals surface area contributed by atoms with Crippen LogP contribution in [0.5, 0.6) is 0 Å². The van der Waals surface area contributed by atoms with Gasteiger partial charge in [0.05, 0.1) is 6.10 Å². The number of hydrogen-bond donors (Lipinski definition) is 1. The topological polar surface area (TPSA) is 29.5 Å². The van der Waals surface area contributed by atoms with E-state index in [1.165, 1.54) is 6.07 Å². The van der Waals surface area contributed by atoms with E-state index in [-0.39, 0.29) is 5.82 Å². The van der Waals surface area contributed by atoms with Crippen molar-refractivity contribution in [2.75, 3.05) is 13.2 Å². The summed E-state index contributed by atoms with van der Waals surface area (Å²) in [4.78, 5) is 0. The Morgan fingerprint density at radius 3 is 2.82 bits per heavy atom. The Kier molecular flexibility index (Phi) is 2.68. The molecule has 1 aromatic carbocycles. The number of aliphatic hydroxyl groups is 1. The van der Waals surface area contributed by atoms with Crippen LogP contribution in [0.15, 0.2) is 18.2 Å². The number of hydrogen-bond acceptors (Lipinski definition) is 2. The van der Waals surface area contributed by atoms with Crippen molar-refractivity contribution in [3.63, 3.8) is 0 Å². The number of fused-ring (bicyclic) bond motifs is 2. The third-order valence-electron chi connectivity index (χ3n) is 4.31. The largest absolute Gasteiger partial charge is 0.392 e. The molecule has 1 spiro atoms. The average Bonchev–Trinajstić information content (AvgIpc) is 2.35. The third kappa shape index (κ3) is 1.60. The molecule has 1 aliphatic heterocycles. The van der Waals surface area contributed by atoms with E-state index in [1.807, 2.05) is 6.07 Å². The third-order valence-corrected chi connectivity index (χ3v) is 4.31. The Labute approximate surface area is 100 Å².